The van der Waals surface area contributed by atoms with Crippen LogP contribution in [0.15, 0.2) is 48.7 Å². The van der Waals surface area contributed by atoms with E-state index >= 15 is 0 Å². The van der Waals surface area contributed by atoms with Crippen molar-refractivity contribution in [2.75, 3.05) is 26.5 Å². The van der Waals surface area contributed by atoms with Crippen LogP contribution in [0.2, 0.25) is 0 Å². The topological polar surface area (TPSA) is 88.6 Å². The van der Waals surface area contributed by atoms with Crippen LogP contribution in [0.25, 0.3) is 0 Å². The van der Waals surface area contributed by atoms with Gasteiger partial charge in [0.05, 0.1) is 32.1 Å². The quantitative estimate of drug-likeness (QED) is 0.710. The zero-order valence-corrected chi connectivity index (χ0v) is 15.7. The number of carbonyl (C=O) groups is 1. The SMILES string of the molecule is COc1cccc(CCNC(=O)CN(Cc2ccccn2)S(C)(=O)=O)c1. The summed E-state index contributed by atoms with van der Waals surface area (Å²) >= 11 is 0. The number of nitrogens with one attached hydrogen (secondary N) is 1. The number of amides is 1. The zero-order chi connectivity index (χ0) is 19.0. The minimum atomic E-state index is -3.53. The third-order valence-electron chi connectivity index (χ3n) is 3.72. The first-order valence-corrected chi connectivity index (χ1v) is 9.98. The largest absolute Gasteiger partial charge is 0.497 e. The van der Waals surface area contributed by atoms with E-state index in [0.29, 0.717) is 18.7 Å². The molecular weight excluding hydrogens is 354 g/mol. The first-order valence-electron chi connectivity index (χ1n) is 8.13. The zero-order valence-electron chi connectivity index (χ0n) is 14.9. The maximum atomic E-state index is 12.1. The Morgan fingerprint density at radius 3 is 2.69 bits per heavy atom. The average molecular weight is 377 g/mol. The molecule has 0 atom stereocenters. The Hall–Kier alpha value is -2.45. The van der Waals surface area contributed by atoms with Crippen molar-refractivity contribution in [1.29, 1.82) is 0 Å². The van der Waals surface area contributed by atoms with Gasteiger partial charge in [0.1, 0.15) is 5.75 Å². The molecule has 1 N–H and O–H groups in total. The molecule has 26 heavy (non-hydrogen) atoms. The number of methoxy groups -OCH3 is 1. The minimum Gasteiger partial charge on any atom is -0.497 e. The lowest BCUT2D eigenvalue weighted by molar-refractivity contribution is -0.121. The molecule has 1 aromatic carbocycles. The van der Waals surface area contributed by atoms with Crippen molar-refractivity contribution < 1.29 is 17.9 Å². The molecule has 2 rings (SSSR count). The molecule has 0 saturated carbocycles. The number of nitrogens with zero attached hydrogens (tertiary/aromatic N) is 2. The van der Waals surface area contributed by atoms with Crippen LogP contribution in [0.4, 0.5) is 0 Å². The van der Waals surface area contributed by atoms with E-state index in [1.165, 1.54) is 0 Å². The molecule has 0 spiro atoms. The molecule has 7 nitrogen and oxygen atoms in total. The standard InChI is InChI=1S/C18H23N3O4S/c1-25-17-8-5-6-15(12-17)9-11-20-18(22)14-21(26(2,23)24)13-16-7-3-4-10-19-16/h3-8,10,12H,9,11,13-14H2,1-2H3,(H,20,22). The molecule has 0 radical (unpaired) electrons. The number of carbonyl (C=O) groups excluding carboxylic acids is 1. The number of sulfonamides is 1. The Morgan fingerprint density at radius 2 is 2.04 bits per heavy atom. The van der Waals surface area contributed by atoms with Crippen molar-refractivity contribution in [3.05, 3.63) is 59.9 Å². The summed E-state index contributed by atoms with van der Waals surface area (Å²) in [4.78, 5) is 16.2. The number of rotatable bonds is 9. The second kappa shape index (κ2) is 9.30. The summed E-state index contributed by atoms with van der Waals surface area (Å²) in [5.74, 6) is 0.404. The van der Waals surface area contributed by atoms with Crippen molar-refractivity contribution in [1.82, 2.24) is 14.6 Å². The van der Waals surface area contributed by atoms with Crippen molar-refractivity contribution in [3.8, 4) is 5.75 Å². The van der Waals surface area contributed by atoms with Gasteiger partial charge in [-0.2, -0.15) is 4.31 Å². The van der Waals surface area contributed by atoms with Crippen LogP contribution in [0.1, 0.15) is 11.3 Å². The van der Waals surface area contributed by atoms with Gasteiger partial charge in [-0.15, -0.1) is 0 Å². The summed E-state index contributed by atoms with van der Waals surface area (Å²) in [6, 6.07) is 12.8. The van der Waals surface area contributed by atoms with E-state index in [0.717, 1.165) is 21.9 Å². The minimum absolute atomic E-state index is 0.0585. The first kappa shape index (κ1) is 19.9. The van der Waals surface area contributed by atoms with Gasteiger partial charge in [-0.25, -0.2) is 8.42 Å². The molecule has 140 valence electrons. The fraction of sp³-hybridized carbons (Fsp3) is 0.333. The van der Waals surface area contributed by atoms with E-state index in [2.05, 4.69) is 10.3 Å². The number of hydrogen-bond acceptors (Lipinski definition) is 5. The molecule has 1 heterocycles. The molecule has 0 bridgehead atoms. The van der Waals surface area contributed by atoms with Crippen LogP contribution in [0.3, 0.4) is 0 Å². The summed E-state index contributed by atoms with van der Waals surface area (Å²) in [6.45, 7) is 0.226. The lowest BCUT2D eigenvalue weighted by Gasteiger charge is -2.19. The molecule has 1 amide bonds. The Labute approximate surface area is 154 Å². The highest BCUT2D eigenvalue weighted by Gasteiger charge is 2.20. The molecular formula is C18H23N3O4S. The number of pyridine rings is 1. The van der Waals surface area contributed by atoms with Crippen molar-refractivity contribution >= 4 is 15.9 Å². The van der Waals surface area contributed by atoms with Gasteiger partial charge in [0.25, 0.3) is 0 Å². The van der Waals surface area contributed by atoms with Crippen LogP contribution in [0.5, 0.6) is 5.75 Å². The molecule has 0 aliphatic carbocycles. The highest BCUT2D eigenvalue weighted by Crippen LogP contribution is 2.12. The van der Waals surface area contributed by atoms with Gasteiger partial charge >= 0.3 is 0 Å². The monoisotopic (exact) mass is 377 g/mol. The van der Waals surface area contributed by atoms with Crippen LogP contribution in [-0.4, -0.2) is 50.1 Å². The lowest BCUT2D eigenvalue weighted by atomic mass is 10.1. The number of benzene rings is 1. The maximum Gasteiger partial charge on any atom is 0.235 e. The van der Waals surface area contributed by atoms with E-state index in [9.17, 15) is 13.2 Å². The van der Waals surface area contributed by atoms with E-state index in [1.54, 1.807) is 31.5 Å². The molecule has 0 fully saturated rings. The summed E-state index contributed by atoms with van der Waals surface area (Å²) in [6.07, 6.45) is 3.30. The van der Waals surface area contributed by atoms with Gasteiger partial charge in [0, 0.05) is 12.7 Å². The fourth-order valence-corrected chi connectivity index (χ4v) is 3.07. The highest BCUT2D eigenvalue weighted by atomic mass is 32.2. The van der Waals surface area contributed by atoms with Gasteiger partial charge in [-0.3, -0.25) is 9.78 Å². The van der Waals surface area contributed by atoms with E-state index in [-0.39, 0.29) is 19.0 Å². The number of hydrogen-bond donors (Lipinski definition) is 1. The van der Waals surface area contributed by atoms with Gasteiger partial charge in [0.15, 0.2) is 0 Å². The number of ether oxygens (including phenoxy) is 1. The second-order valence-electron chi connectivity index (χ2n) is 5.80. The first-order chi connectivity index (χ1) is 12.4. The summed E-state index contributed by atoms with van der Waals surface area (Å²) in [7, 11) is -1.93. The Morgan fingerprint density at radius 1 is 1.23 bits per heavy atom. The van der Waals surface area contributed by atoms with Crippen LogP contribution >= 0.6 is 0 Å². The van der Waals surface area contributed by atoms with Gasteiger partial charge in [0.2, 0.25) is 15.9 Å². The van der Waals surface area contributed by atoms with Crippen LogP contribution < -0.4 is 10.1 Å². The van der Waals surface area contributed by atoms with Crippen LogP contribution in [-0.2, 0) is 27.8 Å². The molecule has 0 unspecified atom stereocenters. The Kier molecular flexibility index (Phi) is 7.11. The molecule has 1 aromatic heterocycles. The molecule has 8 heteroatoms. The maximum absolute atomic E-state index is 12.1. The number of aromatic nitrogens is 1. The van der Waals surface area contributed by atoms with E-state index < -0.39 is 10.0 Å². The van der Waals surface area contributed by atoms with Crippen molar-refractivity contribution in [2.45, 2.75) is 13.0 Å². The predicted molar refractivity (Wildman–Crippen MR) is 99.2 cm³/mol. The van der Waals surface area contributed by atoms with Crippen LogP contribution in [0, 0.1) is 0 Å². The van der Waals surface area contributed by atoms with E-state index in [1.807, 2.05) is 24.3 Å². The summed E-state index contributed by atoms with van der Waals surface area (Å²) in [5.41, 5.74) is 1.61. The molecule has 2 aromatic rings. The Bertz CT molecular complexity index is 825. The molecule has 0 aliphatic heterocycles. The Balaban J connectivity index is 1.88. The highest BCUT2D eigenvalue weighted by molar-refractivity contribution is 7.88. The van der Waals surface area contributed by atoms with Crippen molar-refractivity contribution in [3.63, 3.8) is 0 Å². The fourth-order valence-electron chi connectivity index (χ4n) is 2.35. The molecule has 0 saturated heterocycles. The lowest BCUT2D eigenvalue weighted by Crippen LogP contribution is -2.40. The summed E-state index contributed by atoms with van der Waals surface area (Å²) in [5, 5.41) is 2.75. The average Bonchev–Trinajstić information content (AvgIpc) is 2.61. The predicted octanol–water partition coefficient (Wildman–Crippen LogP) is 1.21. The van der Waals surface area contributed by atoms with Gasteiger partial charge in [-0.05, 0) is 36.2 Å². The third kappa shape index (κ3) is 6.45. The molecule has 0 aliphatic rings. The van der Waals surface area contributed by atoms with E-state index in [4.69, 9.17) is 4.74 Å². The van der Waals surface area contributed by atoms with Gasteiger partial charge < -0.3 is 10.1 Å². The van der Waals surface area contributed by atoms with Crippen molar-refractivity contribution in [2.24, 2.45) is 0 Å². The third-order valence-corrected chi connectivity index (χ3v) is 4.92. The second-order valence-corrected chi connectivity index (χ2v) is 7.79. The summed E-state index contributed by atoms with van der Waals surface area (Å²) < 4.78 is 30.2. The van der Waals surface area contributed by atoms with Gasteiger partial charge in [-0.1, -0.05) is 18.2 Å². The normalized spacial score (nSPS) is 11.3. The smallest absolute Gasteiger partial charge is 0.235 e.